The van der Waals surface area contributed by atoms with Crippen molar-refractivity contribution in [2.75, 3.05) is 49.5 Å². The van der Waals surface area contributed by atoms with Gasteiger partial charge in [0.05, 0.1) is 11.3 Å². The average molecular weight is 566 g/mol. The van der Waals surface area contributed by atoms with Gasteiger partial charge in [0.1, 0.15) is 11.5 Å². The number of rotatable bonds is 6. The summed E-state index contributed by atoms with van der Waals surface area (Å²) in [6, 6.07) is 11.1. The summed E-state index contributed by atoms with van der Waals surface area (Å²) in [5, 5.41) is 7.58. The van der Waals surface area contributed by atoms with Gasteiger partial charge in [0.15, 0.2) is 0 Å². The molecule has 42 heavy (non-hydrogen) atoms. The molecule has 3 saturated heterocycles. The van der Waals surface area contributed by atoms with E-state index in [4.69, 9.17) is 9.97 Å². The molecule has 2 atom stereocenters. The molecule has 0 amide bonds. The minimum atomic E-state index is -0.101. The van der Waals surface area contributed by atoms with Crippen LogP contribution in [0.5, 0.6) is 0 Å². The Balaban J connectivity index is 1.15. The number of hydrogen-bond acceptors (Lipinski definition) is 9. The van der Waals surface area contributed by atoms with E-state index in [-0.39, 0.29) is 11.5 Å². The minimum absolute atomic E-state index is 0.101. The van der Waals surface area contributed by atoms with Crippen molar-refractivity contribution in [3.05, 3.63) is 64.5 Å². The topological polar surface area (TPSA) is 104 Å². The Kier molecular flexibility index (Phi) is 7.33. The Morgan fingerprint density at radius 2 is 1.90 bits per heavy atom. The van der Waals surface area contributed by atoms with Crippen LogP contribution in [0.4, 0.5) is 17.3 Å². The highest BCUT2D eigenvalue weighted by Gasteiger charge is 2.30. The molecule has 0 aliphatic carbocycles. The molecule has 2 N–H and O–H groups in total. The van der Waals surface area contributed by atoms with Gasteiger partial charge in [0.25, 0.3) is 5.56 Å². The van der Waals surface area contributed by atoms with E-state index in [0.29, 0.717) is 35.4 Å². The molecule has 10 nitrogen and oxygen atoms in total. The molecular weight excluding hydrogens is 526 g/mol. The number of piperidine rings is 1. The highest BCUT2D eigenvalue weighted by Crippen LogP contribution is 2.28. The van der Waals surface area contributed by atoms with Crippen LogP contribution in [0.25, 0.3) is 22.3 Å². The van der Waals surface area contributed by atoms with Crippen LogP contribution in [0.2, 0.25) is 0 Å². The number of aromatic nitrogens is 5. The maximum Gasteiger partial charge on any atom is 0.261 e. The minimum Gasteiger partial charge on any atom is -0.369 e. The lowest BCUT2D eigenvalue weighted by Gasteiger charge is -2.38. The van der Waals surface area contributed by atoms with Crippen LogP contribution in [0.1, 0.15) is 49.9 Å². The molecule has 3 fully saturated rings. The van der Waals surface area contributed by atoms with Gasteiger partial charge in [0.2, 0.25) is 5.95 Å². The van der Waals surface area contributed by atoms with Crippen molar-refractivity contribution >= 4 is 28.4 Å². The second kappa shape index (κ2) is 11.4. The quantitative estimate of drug-likeness (QED) is 0.358. The first-order chi connectivity index (χ1) is 20.6. The molecule has 0 bridgehead atoms. The van der Waals surface area contributed by atoms with Crippen LogP contribution < -0.4 is 21.1 Å². The van der Waals surface area contributed by atoms with Crippen LogP contribution in [-0.2, 0) is 6.54 Å². The van der Waals surface area contributed by atoms with Gasteiger partial charge in [-0.05, 0) is 88.5 Å². The van der Waals surface area contributed by atoms with Crippen molar-refractivity contribution in [2.24, 2.45) is 0 Å². The summed E-state index contributed by atoms with van der Waals surface area (Å²) in [6.07, 6.45) is 8.41. The molecule has 0 radical (unpaired) electrons. The summed E-state index contributed by atoms with van der Waals surface area (Å²) >= 11 is 0. The Morgan fingerprint density at radius 1 is 1.02 bits per heavy atom. The lowest BCUT2D eigenvalue weighted by molar-refractivity contribution is 0.231. The van der Waals surface area contributed by atoms with Crippen LogP contribution in [-0.4, -0.2) is 74.7 Å². The molecule has 7 rings (SSSR count). The Morgan fingerprint density at radius 3 is 2.71 bits per heavy atom. The van der Waals surface area contributed by atoms with Gasteiger partial charge in [0, 0.05) is 73.8 Å². The highest BCUT2D eigenvalue weighted by molar-refractivity contribution is 5.81. The number of hydrogen-bond donors (Lipinski definition) is 2. The number of nitrogens with zero attached hydrogens (tertiary/aromatic N) is 7. The standard InChI is InChI=1S/C32H39N9O/c1-3-41-30-23(16-27(31(41)42)28-21(2)17-34-29(37-28)22-6-4-12-33-18-22)19-35-32(38-30)36-24-8-10-25(11-9-24)40-15-14-39-13-5-7-26(39)20-40/h8-11,16-17,19,22,26,33H,3-7,12-15,18,20H2,1-2H3,(H,35,36,38). The molecule has 3 aliphatic heterocycles. The first-order valence-electron chi connectivity index (χ1n) is 15.4. The molecular formula is C32H39N9O. The number of piperazine rings is 1. The van der Waals surface area contributed by atoms with Crippen molar-refractivity contribution in [1.82, 2.24) is 34.7 Å². The Hall–Kier alpha value is -3.89. The number of nitrogens with one attached hydrogen (secondary N) is 2. The predicted octanol–water partition coefficient (Wildman–Crippen LogP) is 4.07. The number of benzene rings is 1. The fraction of sp³-hybridized carbons (Fsp3) is 0.469. The summed E-state index contributed by atoms with van der Waals surface area (Å²) in [6.45, 7) is 10.9. The molecule has 0 spiro atoms. The second-order valence-corrected chi connectivity index (χ2v) is 11.8. The Labute approximate surface area is 246 Å². The first-order valence-corrected chi connectivity index (χ1v) is 15.4. The largest absolute Gasteiger partial charge is 0.369 e. The highest BCUT2D eigenvalue weighted by atomic mass is 16.1. The SMILES string of the molecule is CCn1c(=O)c(-c2nc(C3CCCNC3)ncc2C)cc2cnc(Nc3ccc(N4CCN5CCCC5C4)cc3)nc21. The van der Waals surface area contributed by atoms with Crippen molar-refractivity contribution < 1.29 is 0 Å². The van der Waals surface area contributed by atoms with Gasteiger partial charge in [-0.2, -0.15) is 4.98 Å². The molecule has 3 aliphatic rings. The number of fused-ring (bicyclic) bond motifs is 2. The van der Waals surface area contributed by atoms with E-state index in [2.05, 4.69) is 54.7 Å². The van der Waals surface area contributed by atoms with Crippen molar-refractivity contribution in [1.29, 1.82) is 0 Å². The summed E-state index contributed by atoms with van der Waals surface area (Å²) in [4.78, 5) is 37.8. The predicted molar refractivity (Wildman–Crippen MR) is 167 cm³/mol. The van der Waals surface area contributed by atoms with Crippen LogP contribution in [0.3, 0.4) is 0 Å². The summed E-state index contributed by atoms with van der Waals surface area (Å²) < 4.78 is 1.71. The zero-order valence-electron chi connectivity index (χ0n) is 24.5. The monoisotopic (exact) mass is 565 g/mol. The maximum atomic E-state index is 13.8. The van der Waals surface area contributed by atoms with Gasteiger partial charge in [-0.15, -0.1) is 0 Å². The lowest BCUT2D eigenvalue weighted by Crippen LogP contribution is -2.50. The number of anilines is 3. The number of pyridine rings is 1. The van der Waals surface area contributed by atoms with Crippen molar-refractivity contribution in [2.45, 2.75) is 58.0 Å². The van der Waals surface area contributed by atoms with E-state index in [9.17, 15) is 4.79 Å². The molecule has 0 saturated carbocycles. The third kappa shape index (κ3) is 5.13. The lowest BCUT2D eigenvalue weighted by atomic mass is 9.98. The van der Waals surface area contributed by atoms with Crippen molar-refractivity contribution in [3.8, 4) is 11.3 Å². The van der Waals surface area contributed by atoms with E-state index in [1.807, 2.05) is 26.1 Å². The smallest absolute Gasteiger partial charge is 0.261 e. The molecule has 6 heterocycles. The Bertz CT molecular complexity index is 1640. The van der Waals surface area contributed by atoms with Gasteiger partial charge < -0.3 is 15.5 Å². The normalized spacial score (nSPS) is 21.0. The van der Waals surface area contributed by atoms with E-state index >= 15 is 0 Å². The fourth-order valence-corrected chi connectivity index (χ4v) is 6.79. The molecule has 1 aromatic carbocycles. The first kappa shape index (κ1) is 27.0. The van der Waals surface area contributed by atoms with Crippen LogP contribution in [0.15, 0.2) is 47.5 Å². The molecule has 3 aromatic heterocycles. The summed E-state index contributed by atoms with van der Waals surface area (Å²) in [7, 11) is 0. The molecule has 2 unspecified atom stereocenters. The van der Waals surface area contributed by atoms with Gasteiger partial charge in [-0.25, -0.2) is 15.0 Å². The van der Waals surface area contributed by atoms with E-state index < -0.39 is 0 Å². The van der Waals surface area contributed by atoms with Crippen LogP contribution in [0, 0.1) is 6.92 Å². The summed E-state index contributed by atoms with van der Waals surface area (Å²) in [5.74, 6) is 1.53. The maximum absolute atomic E-state index is 13.8. The second-order valence-electron chi connectivity index (χ2n) is 11.8. The van der Waals surface area contributed by atoms with Gasteiger partial charge in [-0.1, -0.05) is 0 Å². The third-order valence-electron chi connectivity index (χ3n) is 9.13. The zero-order valence-corrected chi connectivity index (χ0v) is 24.5. The third-order valence-corrected chi connectivity index (χ3v) is 9.13. The molecule has 10 heteroatoms. The van der Waals surface area contributed by atoms with Crippen LogP contribution >= 0.6 is 0 Å². The van der Waals surface area contributed by atoms with Gasteiger partial charge in [-0.3, -0.25) is 14.3 Å². The molecule has 4 aromatic rings. The number of aryl methyl sites for hydroxylation is 2. The zero-order chi connectivity index (χ0) is 28.6. The van der Waals surface area contributed by atoms with E-state index in [1.165, 1.54) is 25.1 Å². The summed E-state index contributed by atoms with van der Waals surface area (Å²) in [5.41, 5.74) is 4.81. The van der Waals surface area contributed by atoms with E-state index in [0.717, 1.165) is 68.0 Å². The van der Waals surface area contributed by atoms with Gasteiger partial charge >= 0.3 is 0 Å². The van der Waals surface area contributed by atoms with E-state index in [1.54, 1.807) is 10.8 Å². The van der Waals surface area contributed by atoms with Crippen molar-refractivity contribution in [3.63, 3.8) is 0 Å². The average Bonchev–Trinajstić information content (AvgIpc) is 3.50. The molecule has 218 valence electrons. The fourth-order valence-electron chi connectivity index (χ4n) is 6.79.